The maximum atomic E-state index is 12.3. The highest BCUT2D eigenvalue weighted by atomic mass is 16.5. The number of morpholine rings is 1. The van der Waals surface area contributed by atoms with Crippen LogP contribution in [0.25, 0.3) is 11.1 Å². The molecule has 0 bridgehead atoms. The molecule has 0 saturated carbocycles. The summed E-state index contributed by atoms with van der Waals surface area (Å²) in [5, 5.41) is 6.62. The Morgan fingerprint density at radius 3 is 2.96 bits per heavy atom. The van der Waals surface area contributed by atoms with Crippen molar-refractivity contribution in [2.75, 3.05) is 26.3 Å². The van der Waals surface area contributed by atoms with E-state index in [1.165, 1.54) is 0 Å². The number of fused-ring (bicyclic) bond motifs is 1. The van der Waals surface area contributed by atoms with Gasteiger partial charge in [0, 0.05) is 19.2 Å². The second-order valence-corrected chi connectivity index (χ2v) is 6.28. The number of carbonyl (C=O) groups excluding carboxylic acids is 1. The van der Waals surface area contributed by atoms with Gasteiger partial charge in [-0.2, -0.15) is 0 Å². The van der Waals surface area contributed by atoms with Crippen LogP contribution in [-0.2, 0) is 17.8 Å². The van der Waals surface area contributed by atoms with E-state index in [1.54, 1.807) is 6.07 Å². The number of ether oxygens (including phenoxy) is 1. The van der Waals surface area contributed by atoms with E-state index in [1.807, 2.05) is 25.1 Å². The number of para-hydroxylation sites is 1. The molecular weight excluding hydrogens is 336 g/mol. The Morgan fingerprint density at radius 1 is 1.31 bits per heavy atom. The van der Waals surface area contributed by atoms with Gasteiger partial charge in [-0.05, 0) is 18.6 Å². The van der Waals surface area contributed by atoms with E-state index in [9.17, 15) is 4.79 Å². The third-order valence-electron chi connectivity index (χ3n) is 4.34. The van der Waals surface area contributed by atoms with Gasteiger partial charge in [-0.1, -0.05) is 17.3 Å². The number of oxazole rings is 1. The fraction of sp³-hybridized carbons (Fsp3) is 0.389. The van der Waals surface area contributed by atoms with Crippen LogP contribution in [0.4, 0.5) is 0 Å². The van der Waals surface area contributed by atoms with Crippen molar-refractivity contribution in [1.82, 2.24) is 20.4 Å². The Labute approximate surface area is 150 Å². The molecule has 1 N–H and O–H groups in total. The summed E-state index contributed by atoms with van der Waals surface area (Å²) in [6.45, 7) is 5.90. The molecule has 1 fully saturated rings. The lowest BCUT2D eigenvalue weighted by Gasteiger charge is -2.25. The highest BCUT2D eigenvalue weighted by Gasteiger charge is 2.17. The topological polar surface area (TPSA) is 93.6 Å². The van der Waals surface area contributed by atoms with E-state index in [4.69, 9.17) is 13.7 Å². The SMILES string of the molecule is Cc1cccc2oc(CNC(=O)c3cc(CN4CCOCC4)on3)nc12. The molecule has 1 aliphatic rings. The molecule has 26 heavy (non-hydrogen) atoms. The standard InChI is InChI=1S/C18H20N4O4/c1-12-3-2-4-15-17(12)20-16(25-15)10-19-18(23)14-9-13(26-21-14)11-22-5-7-24-8-6-22/h2-4,9H,5-8,10-11H2,1H3,(H,19,23). The van der Waals surface area contributed by atoms with Gasteiger partial charge in [-0.15, -0.1) is 0 Å². The van der Waals surface area contributed by atoms with E-state index in [0.29, 0.717) is 37.0 Å². The van der Waals surface area contributed by atoms with Gasteiger partial charge < -0.3 is 19.0 Å². The van der Waals surface area contributed by atoms with Crippen LogP contribution in [0.1, 0.15) is 27.7 Å². The van der Waals surface area contributed by atoms with Gasteiger partial charge in [-0.3, -0.25) is 9.69 Å². The molecule has 1 aliphatic heterocycles. The van der Waals surface area contributed by atoms with Crippen LogP contribution < -0.4 is 5.32 Å². The number of aromatic nitrogens is 2. The molecule has 3 heterocycles. The van der Waals surface area contributed by atoms with Crippen LogP contribution >= 0.6 is 0 Å². The van der Waals surface area contributed by atoms with Crippen molar-refractivity contribution < 1.29 is 18.5 Å². The fourth-order valence-corrected chi connectivity index (χ4v) is 2.93. The van der Waals surface area contributed by atoms with Gasteiger partial charge in [0.15, 0.2) is 17.0 Å². The summed E-state index contributed by atoms with van der Waals surface area (Å²) < 4.78 is 16.2. The molecule has 3 aromatic rings. The molecule has 1 aromatic carbocycles. The lowest BCUT2D eigenvalue weighted by Crippen LogP contribution is -2.35. The van der Waals surface area contributed by atoms with Crippen LogP contribution in [0.15, 0.2) is 33.2 Å². The Bertz CT molecular complexity index is 911. The smallest absolute Gasteiger partial charge is 0.273 e. The Balaban J connectivity index is 1.36. The van der Waals surface area contributed by atoms with Crippen molar-refractivity contribution >= 4 is 17.0 Å². The van der Waals surface area contributed by atoms with E-state index < -0.39 is 0 Å². The summed E-state index contributed by atoms with van der Waals surface area (Å²) in [5.74, 6) is 0.801. The lowest BCUT2D eigenvalue weighted by molar-refractivity contribution is 0.0305. The molecule has 8 nitrogen and oxygen atoms in total. The largest absolute Gasteiger partial charge is 0.439 e. The molecule has 8 heteroatoms. The maximum Gasteiger partial charge on any atom is 0.273 e. The molecule has 2 aromatic heterocycles. The second-order valence-electron chi connectivity index (χ2n) is 6.28. The minimum absolute atomic E-state index is 0.193. The Hall–Kier alpha value is -2.71. The van der Waals surface area contributed by atoms with Crippen molar-refractivity contribution in [3.63, 3.8) is 0 Å². The Morgan fingerprint density at radius 2 is 2.15 bits per heavy atom. The average molecular weight is 356 g/mol. The number of benzene rings is 1. The average Bonchev–Trinajstić information content (AvgIpc) is 3.28. The number of nitrogens with zero attached hydrogens (tertiary/aromatic N) is 3. The van der Waals surface area contributed by atoms with Gasteiger partial charge in [-0.25, -0.2) is 4.98 Å². The number of hydrogen-bond donors (Lipinski definition) is 1. The third kappa shape index (κ3) is 3.61. The van der Waals surface area contributed by atoms with Crippen molar-refractivity contribution in [3.05, 3.63) is 47.2 Å². The normalized spacial score (nSPS) is 15.4. The molecule has 1 saturated heterocycles. The third-order valence-corrected chi connectivity index (χ3v) is 4.34. The first kappa shape index (κ1) is 16.7. The number of aryl methyl sites for hydroxylation is 1. The summed E-state index contributed by atoms with van der Waals surface area (Å²) >= 11 is 0. The molecule has 4 rings (SSSR count). The summed E-state index contributed by atoms with van der Waals surface area (Å²) in [6, 6.07) is 7.41. The van der Waals surface area contributed by atoms with Crippen LogP contribution in [0.2, 0.25) is 0 Å². The van der Waals surface area contributed by atoms with Crippen LogP contribution in [0.5, 0.6) is 0 Å². The Kier molecular flexibility index (Phi) is 4.68. The minimum atomic E-state index is -0.319. The first-order valence-corrected chi connectivity index (χ1v) is 8.58. The predicted molar refractivity (Wildman–Crippen MR) is 92.5 cm³/mol. The van der Waals surface area contributed by atoms with Gasteiger partial charge >= 0.3 is 0 Å². The number of amides is 1. The zero-order valence-electron chi connectivity index (χ0n) is 14.5. The first-order valence-electron chi connectivity index (χ1n) is 8.58. The zero-order valence-corrected chi connectivity index (χ0v) is 14.5. The van der Waals surface area contributed by atoms with E-state index >= 15 is 0 Å². The summed E-state index contributed by atoms with van der Waals surface area (Å²) in [5.41, 5.74) is 2.81. The van der Waals surface area contributed by atoms with Crippen molar-refractivity contribution in [1.29, 1.82) is 0 Å². The number of hydrogen-bond acceptors (Lipinski definition) is 7. The van der Waals surface area contributed by atoms with E-state index in [2.05, 4.69) is 20.4 Å². The quantitative estimate of drug-likeness (QED) is 0.746. The number of carbonyl (C=O) groups is 1. The molecular formula is C18H20N4O4. The summed E-state index contributed by atoms with van der Waals surface area (Å²) in [4.78, 5) is 18.9. The minimum Gasteiger partial charge on any atom is -0.439 e. The fourth-order valence-electron chi connectivity index (χ4n) is 2.93. The zero-order chi connectivity index (χ0) is 17.9. The van der Waals surface area contributed by atoms with E-state index in [0.717, 1.165) is 24.2 Å². The number of nitrogens with one attached hydrogen (secondary N) is 1. The molecule has 0 radical (unpaired) electrons. The molecule has 136 valence electrons. The van der Waals surface area contributed by atoms with Crippen LogP contribution in [0, 0.1) is 6.92 Å². The van der Waals surface area contributed by atoms with Crippen LogP contribution in [0.3, 0.4) is 0 Å². The molecule has 1 amide bonds. The molecule has 0 spiro atoms. The summed E-state index contributed by atoms with van der Waals surface area (Å²) in [6.07, 6.45) is 0. The predicted octanol–water partition coefficient (Wildman–Crippen LogP) is 1.89. The van der Waals surface area contributed by atoms with E-state index in [-0.39, 0.29) is 18.1 Å². The first-order chi connectivity index (χ1) is 12.7. The highest BCUT2D eigenvalue weighted by Crippen LogP contribution is 2.18. The summed E-state index contributed by atoms with van der Waals surface area (Å²) in [7, 11) is 0. The van der Waals surface area contributed by atoms with Gasteiger partial charge in [0.25, 0.3) is 5.91 Å². The molecule has 0 aliphatic carbocycles. The second kappa shape index (κ2) is 7.27. The van der Waals surface area contributed by atoms with Crippen molar-refractivity contribution in [3.8, 4) is 0 Å². The molecule has 0 unspecified atom stereocenters. The number of rotatable bonds is 5. The van der Waals surface area contributed by atoms with Gasteiger partial charge in [0.1, 0.15) is 5.52 Å². The van der Waals surface area contributed by atoms with Gasteiger partial charge in [0.2, 0.25) is 5.89 Å². The van der Waals surface area contributed by atoms with Crippen LogP contribution in [-0.4, -0.2) is 47.3 Å². The monoisotopic (exact) mass is 356 g/mol. The lowest BCUT2D eigenvalue weighted by atomic mass is 10.2. The van der Waals surface area contributed by atoms with Crippen molar-refractivity contribution in [2.24, 2.45) is 0 Å². The molecule has 0 atom stereocenters. The van der Waals surface area contributed by atoms with Crippen molar-refractivity contribution in [2.45, 2.75) is 20.0 Å². The van der Waals surface area contributed by atoms with Gasteiger partial charge in [0.05, 0.1) is 26.3 Å². The maximum absolute atomic E-state index is 12.3. The highest BCUT2D eigenvalue weighted by molar-refractivity contribution is 5.92.